The van der Waals surface area contributed by atoms with Crippen LogP contribution in [-0.4, -0.2) is 23.3 Å². The summed E-state index contributed by atoms with van der Waals surface area (Å²) in [6.07, 6.45) is 4.69. The van der Waals surface area contributed by atoms with E-state index in [1.807, 2.05) is 6.92 Å². The molecule has 1 aromatic rings. The van der Waals surface area contributed by atoms with Gasteiger partial charge in [-0.05, 0) is 38.3 Å². The minimum absolute atomic E-state index is 0.672. The maximum absolute atomic E-state index is 5.34. The molecule has 0 unspecified atom stereocenters. The first-order valence-corrected chi connectivity index (χ1v) is 5.34. The van der Waals surface area contributed by atoms with Gasteiger partial charge in [0.2, 0.25) is 11.8 Å². The van der Waals surface area contributed by atoms with Gasteiger partial charge in [-0.1, -0.05) is 0 Å². The van der Waals surface area contributed by atoms with Crippen LogP contribution in [0.25, 0.3) is 0 Å². The van der Waals surface area contributed by atoms with E-state index in [2.05, 4.69) is 15.5 Å². The van der Waals surface area contributed by atoms with Gasteiger partial charge < -0.3 is 9.73 Å². The van der Waals surface area contributed by atoms with Crippen LogP contribution in [0.5, 0.6) is 0 Å². The molecule has 0 aliphatic carbocycles. The monoisotopic (exact) mass is 195 g/mol. The summed E-state index contributed by atoms with van der Waals surface area (Å²) in [5, 5.41) is 11.2. The van der Waals surface area contributed by atoms with Crippen LogP contribution in [0.1, 0.15) is 31.0 Å². The predicted octanol–water partition coefficient (Wildman–Crippen LogP) is 1.31. The van der Waals surface area contributed by atoms with Crippen molar-refractivity contribution in [2.45, 2.75) is 32.6 Å². The largest absolute Gasteiger partial charge is 0.426 e. The van der Waals surface area contributed by atoms with Crippen molar-refractivity contribution < 1.29 is 4.42 Å². The van der Waals surface area contributed by atoms with E-state index in [-0.39, 0.29) is 0 Å². The minimum atomic E-state index is 0.672. The first-order valence-electron chi connectivity index (χ1n) is 5.34. The molecule has 0 aromatic carbocycles. The highest BCUT2D eigenvalue weighted by Crippen LogP contribution is 2.18. The van der Waals surface area contributed by atoms with Crippen LogP contribution in [0.4, 0.5) is 0 Å². The number of aromatic nitrogens is 2. The van der Waals surface area contributed by atoms with Crippen LogP contribution in [0.2, 0.25) is 0 Å². The number of hydrogen-bond donors (Lipinski definition) is 1. The number of nitrogens with zero attached hydrogens (tertiary/aromatic N) is 2. The van der Waals surface area contributed by atoms with Gasteiger partial charge in [-0.2, -0.15) is 0 Å². The molecule has 0 atom stereocenters. The Morgan fingerprint density at radius 1 is 1.36 bits per heavy atom. The minimum Gasteiger partial charge on any atom is -0.426 e. The Kier molecular flexibility index (Phi) is 3.14. The Morgan fingerprint density at radius 3 is 2.79 bits per heavy atom. The zero-order chi connectivity index (χ0) is 9.80. The molecular weight excluding hydrogens is 178 g/mol. The number of piperidine rings is 1. The van der Waals surface area contributed by atoms with E-state index in [4.69, 9.17) is 4.42 Å². The van der Waals surface area contributed by atoms with E-state index in [1.165, 1.54) is 19.3 Å². The zero-order valence-electron chi connectivity index (χ0n) is 8.62. The van der Waals surface area contributed by atoms with Crippen molar-refractivity contribution in [2.75, 3.05) is 13.1 Å². The molecule has 4 nitrogen and oxygen atoms in total. The van der Waals surface area contributed by atoms with Gasteiger partial charge in [0.05, 0.1) is 0 Å². The van der Waals surface area contributed by atoms with E-state index in [9.17, 15) is 0 Å². The van der Waals surface area contributed by atoms with Crippen LogP contribution >= 0.6 is 0 Å². The van der Waals surface area contributed by atoms with Crippen molar-refractivity contribution >= 4 is 0 Å². The maximum atomic E-state index is 5.34. The summed E-state index contributed by atoms with van der Waals surface area (Å²) < 4.78 is 5.34. The first-order chi connectivity index (χ1) is 6.84. The van der Waals surface area contributed by atoms with Crippen LogP contribution in [0.15, 0.2) is 4.42 Å². The lowest BCUT2D eigenvalue weighted by Gasteiger charge is -2.21. The van der Waals surface area contributed by atoms with Crippen LogP contribution in [0, 0.1) is 12.8 Å². The van der Waals surface area contributed by atoms with Crippen molar-refractivity contribution in [1.29, 1.82) is 0 Å². The van der Waals surface area contributed by atoms with Gasteiger partial charge in [0.1, 0.15) is 0 Å². The smallest absolute Gasteiger partial charge is 0.216 e. The van der Waals surface area contributed by atoms with Crippen molar-refractivity contribution in [3.63, 3.8) is 0 Å². The third kappa shape index (κ3) is 2.54. The Balaban J connectivity index is 1.76. The predicted molar refractivity (Wildman–Crippen MR) is 52.9 cm³/mol. The quantitative estimate of drug-likeness (QED) is 0.790. The highest BCUT2D eigenvalue weighted by atomic mass is 16.4. The fraction of sp³-hybridized carbons (Fsp3) is 0.800. The van der Waals surface area contributed by atoms with E-state index < -0.39 is 0 Å². The molecule has 78 valence electrons. The zero-order valence-corrected chi connectivity index (χ0v) is 8.62. The van der Waals surface area contributed by atoms with E-state index in [0.29, 0.717) is 5.89 Å². The standard InChI is InChI=1S/C10H17N3O/c1-8-12-13-10(14-8)3-2-9-4-6-11-7-5-9/h9,11H,2-7H2,1H3. The molecule has 0 bridgehead atoms. The molecule has 0 radical (unpaired) electrons. The van der Waals surface area contributed by atoms with Crippen molar-refractivity contribution in [3.8, 4) is 0 Å². The fourth-order valence-corrected chi connectivity index (χ4v) is 1.94. The van der Waals surface area contributed by atoms with Crippen LogP contribution < -0.4 is 5.32 Å². The lowest BCUT2D eigenvalue weighted by Crippen LogP contribution is -2.27. The Hall–Kier alpha value is -0.900. The van der Waals surface area contributed by atoms with Crippen molar-refractivity contribution in [1.82, 2.24) is 15.5 Å². The molecule has 1 fully saturated rings. The van der Waals surface area contributed by atoms with Crippen molar-refractivity contribution in [2.24, 2.45) is 5.92 Å². The molecule has 4 heteroatoms. The molecular formula is C10H17N3O. The van der Waals surface area contributed by atoms with E-state index in [1.54, 1.807) is 0 Å². The average Bonchev–Trinajstić information content (AvgIpc) is 2.63. The molecule has 1 aliphatic heterocycles. The van der Waals surface area contributed by atoms with Gasteiger partial charge in [-0.15, -0.1) is 10.2 Å². The summed E-state index contributed by atoms with van der Waals surface area (Å²) in [6, 6.07) is 0. The molecule has 0 saturated carbocycles. The second-order valence-electron chi connectivity index (χ2n) is 3.95. The summed E-state index contributed by atoms with van der Waals surface area (Å²) in [4.78, 5) is 0. The number of nitrogens with one attached hydrogen (secondary N) is 1. The lowest BCUT2D eigenvalue weighted by molar-refractivity contribution is 0.340. The number of hydrogen-bond acceptors (Lipinski definition) is 4. The topological polar surface area (TPSA) is 51.0 Å². The SMILES string of the molecule is Cc1nnc(CCC2CCNCC2)o1. The van der Waals surface area contributed by atoms with Crippen LogP contribution in [-0.2, 0) is 6.42 Å². The normalized spacial score (nSPS) is 18.6. The molecule has 1 saturated heterocycles. The highest BCUT2D eigenvalue weighted by molar-refractivity contribution is 4.81. The summed E-state index contributed by atoms with van der Waals surface area (Å²) in [5.41, 5.74) is 0. The third-order valence-corrected chi connectivity index (χ3v) is 2.79. The number of rotatable bonds is 3. The fourth-order valence-electron chi connectivity index (χ4n) is 1.94. The maximum Gasteiger partial charge on any atom is 0.216 e. The molecule has 1 N–H and O–H groups in total. The van der Waals surface area contributed by atoms with Gasteiger partial charge in [0.25, 0.3) is 0 Å². The molecule has 1 aliphatic rings. The van der Waals surface area contributed by atoms with Gasteiger partial charge in [-0.3, -0.25) is 0 Å². The van der Waals surface area contributed by atoms with Gasteiger partial charge in [-0.25, -0.2) is 0 Å². The number of aryl methyl sites for hydroxylation is 2. The molecule has 0 spiro atoms. The Bertz CT molecular complexity index is 279. The van der Waals surface area contributed by atoms with E-state index >= 15 is 0 Å². The molecule has 14 heavy (non-hydrogen) atoms. The molecule has 1 aromatic heterocycles. The van der Waals surface area contributed by atoms with Gasteiger partial charge in [0.15, 0.2) is 0 Å². The van der Waals surface area contributed by atoms with Gasteiger partial charge >= 0.3 is 0 Å². The second kappa shape index (κ2) is 4.55. The summed E-state index contributed by atoms with van der Waals surface area (Å²) in [5.74, 6) is 2.30. The molecule has 0 amide bonds. The van der Waals surface area contributed by atoms with Gasteiger partial charge in [0, 0.05) is 13.3 Å². The summed E-state index contributed by atoms with van der Waals surface area (Å²) in [6.45, 7) is 4.15. The van der Waals surface area contributed by atoms with Crippen molar-refractivity contribution in [3.05, 3.63) is 11.8 Å². The summed E-state index contributed by atoms with van der Waals surface area (Å²) >= 11 is 0. The lowest BCUT2D eigenvalue weighted by atomic mass is 9.93. The molecule has 2 rings (SSSR count). The molecule has 2 heterocycles. The summed E-state index contributed by atoms with van der Waals surface area (Å²) in [7, 11) is 0. The first kappa shape index (κ1) is 9.65. The average molecular weight is 195 g/mol. The Labute approximate surface area is 84.1 Å². The Morgan fingerprint density at radius 2 is 2.14 bits per heavy atom. The van der Waals surface area contributed by atoms with Crippen LogP contribution in [0.3, 0.4) is 0 Å². The second-order valence-corrected chi connectivity index (χ2v) is 3.95. The third-order valence-electron chi connectivity index (χ3n) is 2.79. The highest BCUT2D eigenvalue weighted by Gasteiger charge is 2.14. The van der Waals surface area contributed by atoms with E-state index in [0.717, 1.165) is 31.3 Å².